The number of benzene rings is 1. The smallest absolute Gasteiger partial charge is 0.231 e. The molecule has 8 heteroatoms. The van der Waals surface area contributed by atoms with Crippen LogP contribution in [0, 0.1) is 5.92 Å². The first kappa shape index (κ1) is 14.5. The molecule has 1 unspecified atom stereocenters. The van der Waals surface area contributed by atoms with E-state index >= 15 is 0 Å². The Morgan fingerprint density at radius 3 is 3.00 bits per heavy atom. The van der Waals surface area contributed by atoms with Crippen LogP contribution in [0.2, 0.25) is 0 Å². The summed E-state index contributed by atoms with van der Waals surface area (Å²) in [5.41, 5.74) is 1.19. The van der Waals surface area contributed by atoms with E-state index in [0.717, 1.165) is 28.9 Å². The average molecular weight is 360 g/mol. The zero-order valence-electron chi connectivity index (χ0n) is 13.3. The Hall–Kier alpha value is -1.80. The van der Waals surface area contributed by atoms with E-state index in [1.807, 2.05) is 6.07 Å². The van der Waals surface area contributed by atoms with Crippen molar-refractivity contribution in [1.82, 2.24) is 14.9 Å². The summed E-state index contributed by atoms with van der Waals surface area (Å²) in [6.45, 7) is 4.71. The van der Waals surface area contributed by atoms with Crippen LogP contribution < -0.4 is 14.5 Å². The summed E-state index contributed by atoms with van der Waals surface area (Å²) in [7, 11) is 0. The van der Waals surface area contributed by atoms with E-state index in [0.29, 0.717) is 12.7 Å². The van der Waals surface area contributed by atoms with Crippen molar-refractivity contribution in [3.8, 4) is 11.5 Å². The minimum Gasteiger partial charge on any atom is -0.454 e. The molecular weight excluding hydrogens is 344 g/mol. The third kappa shape index (κ3) is 2.12. The number of nitrogens with zero attached hydrogens (tertiary/aromatic N) is 4. The van der Waals surface area contributed by atoms with Gasteiger partial charge in [-0.25, -0.2) is 4.68 Å². The fraction of sp³-hybridized carbons (Fsp3) is 0.375. The maximum atomic E-state index is 5.54. The first-order valence-corrected chi connectivity index (χ1v) is 9.63. The van der Waals surface area contributed by atoms with Crippen LogP contribution in [0.5, 0.6) is 11.5 Å². The van der Waals surface area contributed by atoms with Gasteiger partial charge in [-0.05, 0) is 35.4 Å². The van der Waals surface area contributed by atoms with Gasteiger partial charge in [0.2, 0.25) is 11.9 Å². The normalized spacial score (nSPS) is 20.5. The van der Waals surface area contributed by atoms with Crippen LogP contribution in [-0.4, -0.2) is 21.7 Å². The number of hydrogen-bond acceptors (Lipinski definition) is 7. The summed E-state index contributed by atoms with van der Waals surface area (Å²) in [4.78, 5) is 0. The van der Waals surface area contributed by atoms with Crippen molar-refractivity contribution in [1.29, 1.82) is 0 Å². The van der Waals surface area contributed by atoms with Gasteiger partial charge < -0.3 is 9.47 Å². The van der Waals surface area contributed by atoms with Crippen LogP contribution in [0.15, 0.2) is 33.8 Å². The highest BCUT2D eigenvalue weighted by Gasteiger charge is 2.40. The zero-order chi connectivity index (χ0) is 16.3. The van der Waals surface area contributed by atoms with E-state index in [-0.39, 0.29) is 5.37 Å². The van der Waals surface area contributed by atoms with Crippen LogP contribution in [0.4, 0.5) is 0 Å². The summed E-state index contributed by atoms with van der Waals surface area (Å²) in [6, 6.07) is 6.17. The minimum absolute atomic E-state index is 0.158. The second-order valence-electron chi connectivity index (χ2n) is 6.31. The summed E-state index contributed by atoms with van der Waals surface area (Å²) in [6.07, 6.45) is 0.913. The first-order valence-electron chi connectivity index (χ1n) is 7.87. The molecule has 124 valence electrons. The average Bonchev–Trinajstić information content (AvgIpc) is 3.27. The molecule has 0 saturated heterocycles. The molecule has 0 saturated carbocycles. The number of aromatic nitrogens is 3. The van der Waals surface area contributed by atoms with Gasteiger partial charge >= 0.3 is 0 Å². The quantitative estimate of drug-likeness (QED) is 0.830. The van der Waals surface area contributed by atoms with Crippen LogP contribution in [0.1, 0.15) is 30.6 Å². The predicted molar refractivity (Wildman–Crippen MR) is 93.6 cm³/mol. The lowest BCUT2D eigenvalue weighted by molar-refractivity contribution is 0.174. The lowest BCUT2D eigenvalue weighted by atomic mass is 10.1. The molecule has 0 radical (unpaired) electrons. The Morgan fingerprint density at radius 2 is 2.12 bits per heavy atom. The van der Waals surface area contributed by atoms with Crippen molar-refractivity contribution in [3.05, 3.63) is 40.0 Å². The van der Waals surface area contributed by atoms with Crippen molar-refractivity contribution >= 4 is 23.5 Å². The van der Waals surface area contributed by atoms with Gasteiger partial charge in [-0.3, -0.25) is 5.01 Å². The molecule has 24 heavy (non-hydrogen) atoms. The Labute approximate surface area is 148 Å². The van der Waals surface area contributed by atoms with Crippen LogP contribution in [0.3, 0.4) is 0 Å². The van der Waals surface area contributed by atoms with Crippen molar-refractivity contribution in [3.63, 3.8) is 0 Å². The molecule has 5 rings (SSSR count). The topological polar surface area (TPSA) is 52.4 Å². The number of hydrogen-bond donors (Lipinski definition) is 0. The van der Waals surface area contributed by atoms with Gasteiger partial charge in [-0.15, -0.1) is 10.2 Å². The predicted octanol–water partition coefficient (Wildman–Crippen LogP) is 3.49. The standard InChI is InChI=1S/C16H16N4O2S2/c1-9(2)5-13-17-18-16-19(13)20-14(24-16)7-23-15(20)10-3-4-11-12(6-10)22-8-21-11/h3-4,6-7,9,15H,5,8H2,1-2H3. The van der Waals surface area contributed by atoms with Gasteiger partial charge in [0.1, 0.15) is 10.4 Å². The summed E-state index contributed by atoms with van der Waals surface area (Å²) in [5.74, 6) is 3.19. The summed E-state index contributed by atoms with van der Waals surface area (Å²) < 4.78 is 13.1. The number of fused-ring (bicyclic) bond motifs is 4. The van der Waals surface area contributed by atoms with Crippen LogP contribution in [0.25, 0.3) is 0 Å². The fourth-order valence-corrected chi connectivity index (χ4v) is 5.31. The SMILES string of the molecule is CC(C)Cc1nnc2n1N1C(=CSC1c1ccc3c(c1)OCO3)S2. The summed E-state index contributed by atoms with van der Waals surface area (Å²) in [5, 5.41) is 15.6. The van der Waals surface area contributed by atoms with E-state index in [4.69, 9.17) is 9.47 Å². The minimum atomic E-state index is 0.158. The molecule has 1 aromatic carbocycles. The molecule has 0 aliphatic carbocycles. The molecule has 3 aliphatic heterocycles. The lowest BCUT2D eigenvalue weighted by Gasteiger charge is -2.26. The van der Waals surface area contributed by atoms with E-state index < -0.39 is 0 Å². The van der Waals surface area contributed by atoms with Gasteiger partial charge in [0.15, 0.2) is 17.3 Å². The molecule has 1 aromatic heterocycles. The van der Waals surface area contributed by atoms with E-state index in [2.05, 4.69) is 51.3 Å². The maximum Gasteiger partial charge on any atom is 0.231 e. The van der Waals surface area contributed by atoms with Gasteiger partial charge in [0.05, 0.1) is 0 Å². The second kappa shape index (κ2) is 5.35. The molecule has 3 aliphatic rings. The Kier molecular flexibility index (Phi) is 3.24. The molecule has 0 spiro atoms. The molecule has 4 heterocycles. The van der Waals surface area contributed by atoms with Crippen LogP contribution in [-0.2, 0) is 6.42 Å². The molecule has 0 amide bonds. The third-order valence-electron chi connectivity index (χ3n) is 4.11. The largest absolute Gasteiger partial charge is 0.454 e. The molecule has 0 bridgehead atoms. The van der Waals surface area contributed by atoms with Crippen molar-refractivity contribution in [2.24, 2.45) is 5.92 Å². The van der Waals surface area contributed by atoms with E-state index in [9.17, 15) is 0 Å². The number of ether oxygens (including phenoxy) is 2. The third-order valence-corrected chi connectivity index (χ3v) is 6.30. The number of thioether (sulfide) groups is 2. The maximum absolute atomic E-state index is 5.54. The van der Waals surface area contributed by atoms with Gasteiger partial charge in [0, 0.05) is 11.8 Å². The molecule has 0 N–H and O–H groups in total. The Morgan fingerprint density at radius 1 is 1.25 bits per heavy atom. The van der Waals surface area contributed by atoms with Gasteiger partial charge in [-0.1, -0.05) is 31.7 Å². The highest BCUT2D eigenvalue weighted by Crippen LogP contribution is 2.52. The highest BCUT2D eigenvalue weighted by atomic mass is 32.2. The van der Waals surface area contributed by atoms with Crippen molar-refractivity contribution < 1.29 is 9.47 Å². The number of rotatable bonds is 3. The first-order chi connectivity index (χ1) is 11.7. The van der Waals surface area contributed by atoms with Crippen LogP contribution >= 0.6 is 23.5 Å². The summed E-state index contributed by atoms with van der Waals surface area (Å²) >= 11 is 3.48. The molecule has 6 nitrogen and oxygen atoms in total. The lowest BCUT2D eigenvalue weighted by Crippen LogP contribution is -2.31. The van der Waals surface area contributed by atoms with Gasteiger partial charge in [-0.2, -0.15) is 0 Å². The molecular formula is C16H16N4O2S2. The Balaban J connectivity index is 1.53. The Bertz CT molecular complexity index is 849. The second-order valence-corrected chi connectivity index (χ2v) is 8.25. The molecule has 1 atom stereocenters. The fourth-order valence-electron chi connectivity index (χ4n) is 3.07. The molecule has 0 fully saturated rings. The van der Waals surface area contributed by atoms with Gasteiger partial charge in [0.25, 0.3) is 0 Å². The van der Waals surface area contributed by atoms with Crippen molar-refractivity contribution in [2.75, 3.05) is 11.8 Å². The van der Waals surface area contributed by atoms with Crippen molar-refractivity contribution in [2.45, 2.75) is 30.8 Å². The zero-order valence-corrected chi connectivity index (χ0v) is 14.9. The molecule has 2 aromatic rings. The van der Waals surface area contributed by atoms with E-state index in [1.54, 1.807) is 23.5 Å². The monoisotopic (exact) mass is 360 g/mol. The highest BCUT2D eigenvalue weighted by molar-refractivity contribution is 8.07. The van der Waals surface area contributed by atoms with E-state index in [1.165, 1.54) is 10.6 Å².